The maximum absolute atomic E-state index is 13.3. The Morgan fingerprint density at radius 1 is 0.971 bits per heavy atom. The summed E-state index contributed by atoms with van der Waals surface area (Å²) in [6, 6.07) is 15.9. The molecular weight excluding hydrogens is 442 g/mol. The van der Waals surface area contributed by atoms with E-state index in [1.54, 1.807) is 12.1 Å². The van der Waals surface area contributed by atoms with Crippen LogP contribution in [0.4, 0.5) is 0 Å². The number of carbonyl (C=O) groups excluding carboxylic acids is 1. The Balaban J connectivity index is 1.83. The molecule has 0 saturated carbocycles. The summed E-state index contributed by atoms with van der Waals surface area (Å²) in [5.74, 6) is 0.00919. The number of hydrogen-bond acceptors (Lipinski definition) is 2. The van der Waals surface area contributed by atoms with Crippen LogP contribution >= 0.6 is 11.6 Å². The normalized spacial score (nSPS) is 14.3. The lowest BCUT2D eigenvalue weighted by Gasteiger charge is -2.30. The molecule has 0 aromatic heterocycles. The Bertz CT molecular complexity index is 1240. The predicted octanol–water partition coefficient (Wildman–Crippen LogP) is 7.96. The smallest absolute Gasteiger partial charge is 0.254 e. The minimum atomic E-state index is -0.266. The molecule has 1 atom stereocenters. The van der Waals surface area contributed by atoms with E-state index in [9.17, 15) is 4.79 Å². The molecule has 178 valence electrons. The lowest BCUT2D eigenvalue weighted by molar-refractivity contribution is -0.0530. The third-order valence-electron chi connectivity index (χ3n) is 6.65. The van der Waals surface area contributed by atoms with Crippen LogP contribution in [0.15, 0.2) is 48.5 Å². The number of benzene rings is 3. The van der Waals surface area contributed by atoms with Crippen LogP contribution in [0.3, 0.4) is 0 Å². The molecule has 4 rings (SSSR count). The van der Waals surface area contributed by atoms with Gasteiger partial charge < -0.3 is 9.64 Å². The van der Waals surface area contributed by atoms with Crippen molar-refractivity contribution in [2.24, 2.45) is 0 Å². The van der Waals surface area contributed by atoms with Crippen LogP contribution in [0.5, 0.6) is 0 Å². The number of carbonyl (C=O) groups is 1. The molecule has 0 saturated heterocycles. The maximum Gasteiger partial charge on any atom is 0.254 e. The third-order valence-corrected chi connectivity index (χ3v) is 6.89. The van der Waals surface area contributed by atoms with Gasteiger partial charge in [-0.3, -0.25) is 4.79 Å². The van der Waals surface area contributed by atoms with Gasteiger partial charge in [0.05, 0.1) is 11.7 Å². The summed E-state index contributed by atoms with van der Waals surface area (Å²) >= 11 is 6.16. The van der Waals surface area contributed by atoms with E-state index < -0.39 is 0 Å². The molecular formula is C30H34ClNO2. The van der Waals surface area contributed by atoms with Crippen LogP contribution in [-0.4, -0.2) is 16.4 Å². The first-order valence-corrected chi connectivity index (χ1v) is 12.3. The van der Waals surface area contributed by atoms with Gasteiger partial charge in [0, 0.05) is 23.7 Å². The molecule has 0 fully saturated rings. The summed E-state index contributed by atoms with van der Waals surface area (Å²) in [4.78, 5) is 15.3. The molecule has 1 aliphatic rings. The lowest BCUT2D eigenvalue weighted by Crippen LogP contribution is -2.25. The van der Waals surface area contributed by atoms with Gasteiger partial charge in [-0.1, -0.05) is 47.5 Å². The Morgan fingerprint density at radius 2 is 1.59 bits per heavy atom. The number of hydrogen-bond donors (Lipinski definition) is 0. The molecule has 0 spiro atoms. The highest BCUT2D eigenvalue weighted by molar-refractivity contribution is 6.30. The van der Waals surface area contributed by atoms with Gasteiger partial charge in [-0.25, -0.2) is 0 Å². The molecule has 3 aromatic carbocycles. The lowest BCUT2D eigenvalue weighted by atomic mass is 9.83. The SMILES string of the molecule is Cc1ccc(-c2c(C)c3c(c(C)c2[C@@H](C)OC(C)(C)C)CN(C(=O)c2cccc(Cl)c2)C3)cc1. The zero-order valence-electron chi connectivity index (χ0n) is 21.3. The second-order valence-corrected chi connectivity index (χ2v) is 10.8. The molecule has 0 unspecified atom stereocenters. The Labute approximate surface area is 208 Å². The molecule has 3 nitrogen and oxygen atoms in total. The summed E-state index contributed by atoms with van der Waals surface area (Å²) in [6.07, 6.45) is -0.0852. The van der Waals surface area contributed by atoms with Crippen molar-refractivity contribution < 1.29 is 9.53 Å². The second kappa shape index (κ2) is 9.20. The summed E-state index contributed by atoms with van der Waals surface area (Å²) < 4.78 is 6.47. The van der Waals surface area contributed by atoms with Crippen molar-refractivity contribution in [1.82, 2.24) is 4.90 Å². The fourth-order valence-corrected chi connectivity index (χ4v) is 5.35. The van der Waals surface area contributed by atoms with Gasteiger partial charge in [0.15, 0.2) is 0 Å². The first kappa shape index (κ1) is 24.5. The minimum absolute atomic E-state index is 0.00919. The highest BCUT2D eigenvalue weighted by atomic mass is 35.5. The molecule has 34 heavy (non-hydrogen) atoms. The fraction of sp³-hybridized carbons (Fsp3) is 0.367. The standard InChI is InChI=1S/C30H34ClNO2/c1-18-11-13-22(14-12-18)28-20(3)26-17-32(29(33)23-9-8-10-24(31)15-23)16-25(26)19(2)27(28)21(4)34-30(5,6)7/h8-15,21H,16-17H2,1-7H3/t21-/m1/s1. The van der Waals surface area contributed by atoms with Crippen LogP contribution in [0, 0.1) is 20.8 Å². The Morgan fingerprint density at radius 3 is 2.18 bits per heavy atom. The van der Waals surface area contributed by atoms with E-state index in [0.29, 0.717) is 23.7 Å². The number of amides is 1. The molecule has 4 heteroatoms. The first-order chi connectivity index (χ1) is 16.0. The zero-order valence-corrected chi connectivity index (χ0v) is 22.0. The van der Waals surface area contributed by atoms with Crippen molar-refractivity contribution in [2.45, 2.75) is 73.3 Å². The van der Waals surface area contributed by atoms with Crippen molar-refractivity contribution in [3.63, 3.8) is 0 Å². The fourth-order valence-electron chi connectivity index (χ4n) is 5.16. The van der Waals surface area contributed by atoms with Crippen molar-refractivity contribution in [1.29, 1.82) is 0 Å². The molecule has 0 bridgehead atoms. The molecule has 3 aromatic rings. The van der Waals surface area contributed by atoms with Gasteiger partial charge in [-0.15, -0.1) is 0 Å². The van der Waals surface area contributed by atoms with Gasteiger partial charge in [-0.2, -0.15) is 0 Å². The Hall–Kier alpha value is -2.62. The number of halogens is 1. The average molecular weight is 476 g/mol. The summed E-state index contributed by atoms with van der Waals surface area (Å²) in [5.41, 5.74) is 10.2. The minimum Gasteiger partial charge on any atom is -0.368 e. The highest BCUT2D eigenvalue weighted by Crippen LogP contribution is 2.43. The third kappa shape index (κ3) is 4.78. The number of ether oxygens (including phenoxy) is 1. The van der Waals surface area contributed by atoms with Gasteiger partial charge in [0.1, 0.15) is 0 Å². The van der Waals surface area contributed by atoms with Crippen LogP contribution in [0.25, 0.3) is 11.1 Å². The monoisotopic (exact) mass is 475 g/mol. The summed E-state index contributed by atoms with van der Waals surface area (Å²) in [5, 5.41) is 0.576. The predicted molar refractivity (Wildman–Crippen MR) is 140 cm³/mol. The van der Waals surface area contributed by atoms with Crippen molar-refractivity contribution in [2.75, 3.05) is 0 Å². The molecule has 1 amide bonds. The first-order valence-electron chi connectivity index (χ1n) is 11.9. The average Bonchev–Trinajstić information content (AvgIpc) is 3.21. The van der Waals surface area contributed by atoms with E-state index in [1.807, 2.05) is 17.0 Å². The van der Waals surface area contributed by atoms with Crippen molar-refractivity contribution in [3.05, 3.63) is 92.5 Å². The van der Waals surface area contributed by atoms with Crippen LogP contribution in [0.2, 0.25) is 5.02 Å². The number of aryl methyl sites for hydroxylation is 1. The van der Waals surface area contributed by atoms with Crippen molar-refractivity contribution in [3.8, 4) is 11.1 Å². The van der Waals surface area contributed by atoms with E-state index in [2.05, 4.69) is 72.7 Å². The Kier molecular flexibility index (Phi) is 6.63. The zero-order chi connectivity index (χ0) is 24.8. The van der Waals surface area contributed by atoms with E-state index in [1.165, 1.54) is 44.5 Å². The van der Waals surface area contributed by atoms with Crippen LogP contribution in [0.1, 0.15) is 77.5 Å². The molecule has 0 aliphatic carbocycles. The molecule has 0 radical (unpaired) electrons. The van der Waals surface area contributed by atoms with Crippen LogP contribution in [-0.2, 0) is 17.8 Å². The number of rotatable bonds is 4. The second-order valence-electron chi connectivity index (χ2n) is 10.4. The van der Waals surface area contributed by atoms with Gasteiger partial charge in [0.2, 0.25) is 0 Å². The quantitative estimate of drug-likeness (QED) is 0.383. The van der Waals surface area contributed by atoms with E-state index in [0.717, 1.165) is 0 Å². The molecule has 0 N–H and O–H groups in total. The molecule has 1 aliphatic heterocycles. The summed E-state index contributed by atoms with van der Waals surface area (Å²) in [7, 11) is 0. The summed E-state index contributed by atoms with van der Waals surface area (Å²) in [6.45, 7) is 16.1. The van der Waals surface area contributed by atoms with Gasteiger partial charge >= 0.3 is 0 Å². The van der Waals surface area contributed by atoms with E-state index in [-0.39, 0.29) is 17.6 Å². The maximum atomic E-state index is 13.3. The highest BCUT2D eigenvalue weighted by Gasteiger charge is 2.32. The number of nitrogens with zero attached hydrogens (tertiary/aromatic N) is 1. The topological polar surface area (TPSA) is 29.5 Å². The number of fused-ring (bicyclic) bond motifs is 1. The van der Waals surface area contributed by atoms with E-state index in [4.69, 9.17) is 16.3 Å². The van der Waals surface area contributed by atoms with Gasteiger partial charge in [-0.05, 0) is 106 Å². The van der Waals surface area contributed by atoms with Gasteiger partial charge in [0.25, 0.3) is 5.91 Å². The molecule has 1 heterocycles. The van der Waals surface area contributed by atoms with Crippen molar-refractivity contribution >= 4 is 17.5 Å². The van der Waals surface area contributed by atoms with E-state index >= 15 is 0 Å². The van der Waals surface area contributed by atoms with Crippen LogP contribution < -0.4 is 0 Å². The largest absolute Gasteiger partial charge is 0.368 e.